The van der Waals surface area contributed by atoms with Gasteiger partial charge in [-0.25, -0.2) is 12.8 Å². The van der Waals surface area contributed by atoms with Crippen LogP contribution < -0.4 is 0 Å². The van der Waals surface area contributed by atoms with E-state index in [1.807, 2.05) is 0 Å². The van der Waals surface area contributed by atoms with Gasteiger partial charge < -0.3 is 4.90 Å². The lowest BCUT2D eigenvalue weighted by Gasteiger charge is -2.34. The molecule has 29 heavy (non-hydrogen) atoms. The molecule has 0 aromatic heterocycles. The summed E-state index contributed by atoms with van der Waals surface area (Å²) < 4.78 is 39.7. The topological polar surface area (TPSA) is 57.7 Å². The van der Waals surface area contributed by atoms with Crippen molar-refractivity contribution in [2.45, 2.75) is 30.1 Å². The Balaban J connectivity index is 1.49. The number of aryl methyl sites for hydroxylation is 2. The van der Waals surface area contributed by atoms with Crippen LogP contribution in [0.3, 0.4) is 0 Å². The molecule has 0 unspecified atom stereocenters. The smallest absolute Gasteiger partial charge is 0.243 e. The van der Waals surface area contributed by atoms with Crippen molar-refractivity contribution in [1.82, 2.24) is 9.21 Å². The van der Waals surface area contributed by atoms with Gasteiger partial charge in [0.25, 0.3) is 0 Å². The van der Waals surface area contributed by atoms with Crippen LogP contribution in [0.25, 0.3) is 0 Å². The molecule has 1 aliphatic heterocycles. The van der Waals surface area contributed by atoms with E-state index in [4.69, 9.17) is 0 Å². The lowest BCUT2D eigenvalue weighted by Crippen LogP contribution is -2.50. The van der Waals surface area contributed by atoms with Gasteiger partial charge >= 0.3 is 0 Å². The third kappa shape index (κ3) is 5.38. The number of halogens is 1. The van der Waals surface area contributed by atoms with E-state index in [2.05, 4.69) is 32.0 Å². The van der Waals surface area contributed by atoms with Crippen molar-refractivity contribution in [3.63, 3.8) is 0 Å². The second-order valence-corrected chi connectivity index (χ2v) is 10.2. The Morgan fingerprint density at radius 3 is 2.28 bits per heavy atom. The molecule has 1 saturated heterocycles. The molecule has 0 spiro atoms. The van der Waals surface area contributed by atoms with Crippen molar-refractivity contribution < 1.29 is 17.6 Å². The van der Waals surface area contributed by atoms with Gasteiger partial charge in [0.1, 0.15) is 5.82 Å². The minimum absolute atomic E-state index is 0.0418. The van der Waals surface area contributed by atoms with Crippen LogP contribution in [-0.4, -0.2) is 55.5 Å². The fourth-order valence-corrected chi connectivity index (χ4v) is 5.51. The Morgan fingerprint density at radius 2 is 1.66 bits per heavy atom. The zero-order chi connectivity index (χ0) is 21.0. The number of thioether (sulfide) groups is 1. The lowest BCUT2D eigenvalue weighted by molar-refractivity contribution is -0.131. The number of rotatable bonds is 6. The quantitative estimate of drug-likeness (QED) is 0.651. The molecule has 0 bridgehead atoms. The van der Waals surface area contributed by atoms with Crippen molar-refractivity contribution in [2.75, 3.05) is 31.9 Å². The predicted molar refractivity (Wildman–Crippen MR) is 113 cm³/mol. The van der Waals surface area contributed by atoms with E-state index in [0.29, 0.717) is 25.3 Å². The molecule has 0 radical (unpaired) electrons. The Morgan fingerprint density at radius 1 is 1.00 bits per heavy atom. The highest BCUT2D eigenvalue weighted by atomic mass is 32.2. The number of hydrogen-bond acceptors (Lipinski definition) is 4. The van der Waals surface area contributed by atoms with E-state index in [9.17, 15) is 17.6 Å². The van der Waals surface area contributed by atoms with Gasteiger partial charge in [-0.15, -0.1) is 11.8 Å². The summed E-state index contributed by atoms with van der Waals surface area (Å²) in [5.74, 6) is 0.258. The molecule has 0 aliphatic carbocycles. The van der Waals surface area contributed by atoms with Gasteiger partial charge in [0.15, 0.2) is 0 Å². The van der Waals surface area contributed by atoms with Gasteiger partial charge in [-0.1, -0.05) is 6.07 Å². The fourth-order valence-electron chi connectivity index (χ4n) is 3.15. The summed E-state index contributed by atoms with van der Waals surface area (Å²) in [5, 5.41) is 0. The standard InChI is InChI=1S/C21H25FN2O3S2/c1-16-3-6-19(15-17(16)2)28-14-9-21(25)23-10-12-24(13-11-23)29(26,27)20-7-4-18(22)5-8-20/h3-8,15H,9-14H2,1-2H3. The molecular formula is C21H25FN2O3S2. The summed E-state index contributed by atoms with van der Waals surface area (Å²) in [7, 11) is -3.66. The Hall–Kier alpha value is -1.90. The van der Waals surface area contributed by atoms with Crippen LogP contribution in [0.1, 0.15) is 17.5 Å². The van der Waals surface area contributed by atoms with Crippen molar-refractivity contribution in [1.29, 1.82) is 0 Å². The molecule has 1 heterocycles. The second-order valence-electron chi connectivity index (χ2n) is 7.08. The first-order valence-corrected chi connectivity index (χ1v) is 11.9. The minimum atomic E-state index is -3.66. The summed E-state index contributed by atoms with van der Waals surface area (Å²) in [6.07, 6.45) is 0.419. The zero-order valence-electron chi connectivity index (χ0n) is 16.6. The lowest BCUT2D eigenvalue weighted by atomic mass is 10.1. The Kier molecular flexibility index (Phi) is 6.97. The highest BCUT2D eigenvalue weighted by Crippen LogP contribution is 2.23. The monoisotopic (exact) mass is 436 g/mol. The van der Waals surface area contributed by atoms with E-state index in [1.165, 1.54) is 27.6 Å². The van der Waals surface area contributed by atoms with Gasteiger partial charge in [-0.3, -0.25) is 4.79 Å². The molecule has 8 heteroatoms. The molecular weight excluding hydrogens is 411 g/mol. The minimum Gasteiger partial charge on any atom is -0.340 e. The first kappa shape index (κ1) is 21.8. The van der Waals surface area contributed by atoms with Gasteiger partial charge in [0, 0.05) is 43.2 Å². The van der Waals surface area contributed by atoms with E-state index in [0.717, 1.165) is 17.0 Å². The molecule has 5 nitrogen and oxygen atoms in total. The molecule has 1 fully saturated rings. The molecule has 156 valence electrons. The number of nitrogens with zero attached hydrogens (tertiary/aromatic N) is 2. The first-order valence-electron chi connectivity index (χ1n) is 9.51. The van der Waals surface area contributed by atoms with Crippen molar-refractivity contribution in [2.24, 2.45) is 0 Å². The molecule has 0 atom stereocenters. The van der Waals surface area contributed by atoms with Crippen LogP contribution >= 0.6 is 11.8 Å². The van der Waals surface area contributed by atoms with E-state index < -0.39 is 15.8 Å². The van der Waals surface area contributed by atoms with E-state index in [1.54, 1.807) is 16.7 Å². The average molecular weight is 437 g/mol. The number of benzene rings is 2. The largest absolute Gasteiger partial charge is 0.340 e. The van der Waals surface area contributed by atoms with Crippen LogP contribution in [0.5, 0.6) is 0 Å². The number of carbonyl (C=O) groups is 1. The number of carbonyl (C=O) groups excluding carboxylic acids is 1. The normalized spacial score (nSPS) is 15.5. The van der Waals surface area contributed by atoms with Gasteiger partial charge in [-0.05, 0) is 61.4 Å². The fraction of sp³-hybridized carbons (Fsp3) is 0.381. The second kappa shape index (κ2) is 9.28. The molecule has 0 saturated carbocycles. The average Bonchev–Trinajstić information content (AvgIpc) is 2.71. The molecule has 2 aromatic rings. The Labute approximate surface area is 175 Å². The van der Waals surface area contributed by atoms with Crippen molar-refractivity contribution in [3.05, 3.63) is 59.4 Å². The van der Waals surface area contributed by atoms with Gasteiger partial charge in [0.05, 0.1) is 4.90 Å². The summed E-state index contributed by atoms with van der Waals surface area (Å²) in [5.41, 5.74) is 2.48. The van der Waals surface area contributed by atoms with Crippen molar-refractivity contribution in [3.8, 4) is 0 Å². The van der Waals surface area contributed by atoms with Gasteiger partial charge in [-0.2, -0.15) is 4.31 Å². The summed E-state index contributed by atoms with van der Waals surface area (Å²) in [4.78, 5) is 15.4. The van der Waals surface area contributed by atoms with Crippen LogP contribution in [0, 0.1) is 19.7 Å². The number of hydrogen-bond donors (Lipinski definition) is 0. The molecule has 3 rings (SSSR count). The maximum absolute atomic E-state index is 13.1. The highest BCUT2D eigenvalue weighted by molar-refractivity contribution is 7.99. The molecule has 0 N–H and O–H groups in total. The Bertz CT molecular complexity index is 970. The number of amides is 1. The number of piperazine rings is 1. The summed E-state index contributed by atoms with van der Waals surface area (Å²) in [6.45, 7) is 5.37. The van der Waals surface area contributed by atoms with E-state index >= 15 is 0 Å². The van der Waals surface area contributed by atoms with Crippen molar-refractivity contribution >= 4 is 27.7 Å². The third-order valence-corrected chi connectivity index (χ3v) is 8.01. The number of sulfonamides is 1. The van der Waals surface area contributed by atoms with Crippen LogP contribution in [-0.2, 0) is 14.8 Å². The maximum atomic E-state index is 13.1. The van der Waals surface area contributed by atoms with E-state index in [-0.39, 0.29) is 23.9 Å². The summed E-state index contributed by atoms with van der Waals surface area (Å²) in [6, 6.07) is 11.1. The maximum Gasteiger partial charge on any atom is 0.243 e. The summed E-state index contributed by atoms with van der Waals surface area (Å²) >= 11 is 1.65. The zero-order valence-corrected chi connectivity index (χ0v) is 18.2. The van der Waals surface area contributed by atoms with Crippen LogP contribution in [0.2, 0.25) is 0 Å². The predicted octanol–water partition coefficient (Wildman–Crippen LogP) is 3.46. The molecule has 1 amide bonds. The van der Waals surface area contributed by atoms with Gasteiger partial charge in [0.2, 0.25) is 15.9 Å². The van der Waals surface area contributed by atoms with Crippen LogP contribution in [0.4, 0.5) is 4.39 Å². The SMILES string of the molecule is Cc1ccc(SCCC(=O)N2CCN(S(=O)(=O)c3ccc(F)cc3)CC2)cc1C. The molecule has 2 aromatic carbocycles. The third-order valence-electron chi connectivity index (χ3n) is 5.11. The van der Waals surface area contributed by atoms with Crippen LogP contribution in [0.15, 0.2) is 52.3 Å². The first-order chi connectivity index (χ1) is 13.8. The highest BCUT2D eigenvalue weighted by Gasteiger charge is 2.29. The molecule has 1 aliphatic rings.